The van der Waals surface area contributed by atoms with E-state index in [0.717, 1.165) is 25.7 Å². The van der Waals surface area contributed by atoms with Crippen LogP contribution in [0.15, 0.2) is 0 Å². The fourth-order valence-electron chi connectivity index (χ4n) is 2.76. The maximum atomic E-state index is 12.1. The van der Waals surface area contributed by atoms with Crippen LogP contribution in [0.4, 0.5) is 4.79 Å². The summed E-state index contributed by atoms with van der Waals surface area (Å²) in [5.74, 6) is -1.06. The van der Waals surface area contributed by atoms with Gasteiger partial charge in [-0.25, -0.2) is 4.79 Å². The lowest BCUT2D eigenvalue weighted by atomic mass is 9.86. The number of amides is 2. The van der Waals surface area contributed by atoms with E-state index in [1.54, 1.807) is 4.90 Å². The molecule has 1 heterocycles. The van der Waals surface area contributed by atoms with E-state index in [1.165, 1.54) is 0 Å². The summed E-state index contributed by atoms with van der Waals surface area (Å²) in [4.78, 5) is 24.9. The van der Waals surface area contributed by atoms with Crippen LogP contribution in [0.5, 0.6) is 0 Å². The topological polar surface area (TPSA) is 78.9 Å². The van der Waals surface area contributed by atoms with Gasteiger partial charge in [0.15, 0.2) is 0 Å². The molecule has 0 bridgehead atoms. The molecule has 1 saturated carbocycles. The predicted octanol–water partition coefficient (Wildman–Crippen LogP) is 1.06. The van der Waals surface area contributed by atoms with Crippen LogP contribution in [0.25, 0.3) is 0 Å². The quantitative estimate of drug-likeness (QED) is 0.786. The van der Waals surface area contributed by atoms with Crippen molar-refractivity contribution in [3.05, 3.63) is 0 Å². The van der Waals surface area contributed by atoms with Crippen LogP contribution in [0.3, 0.4) is 0 Å². The highest BCUT2D eigenvalue weighted by Gasteiger charge is 2.28. The third-order valence-electron chi connectivity index (χ3n) is 3.86. The third-order valence-corrected chi connectivity index (χ3v) is 3.86. The lowest BCUT2D eigenvalue weighted by Gasteiger charge is -2.30. The van der Waals surface area contributed by atoms with Gasteiger partial charge in [-0.2, -0.15) is 0 Å². The second-order valence-corrected chi connectivity index (χ2v) is 5.30. The number of carboxylic acids is 1. The molecule has 0 aromatic heterocycles. The van der Waals surface area contributed by atoms with Crippen LogP contribution in [0, 0.1) is 5.92 Å². The summed E-state index contributed by atoms with van der Waals surface area (Å²) in [6.45, 7) is 2.60. The highest BCUT2D eigenvalue weighted by molar-refractivity contribution is 5.75. The molecule has 2 rings (SSSR count). The zero-order valence-corrected chi connectivity index (χ0v) is 11.1. The zero-order chi connectivity index (χ0) is 13.7. The summed E-state index contributed by atoms with van der Waals surface area (Å²) in [6.07, 6.45) is 3.87. The Morgan fingerprint density at radius 3 is 2.79 bits per heavy atom. The smallest absolute Gasteiger partial charge is 0.317 e. The molecule has 0 aromatic rings. The van der Waals surface area contributed by atoms with Gasteiger partial charge in [0.05, 0.1) is 12.5 Å². The normalized spacial score (nSPS) is 28.5. The molecule has 6 heteroatoms. The minimum Gasteiger partial charge on any atom is -0.481 e. The Kier molecular flexibility index (Phi) is 5.01. The first-order chi connectivity index (χ1) is 9.16. The average molecular weight is 270 g/mol. The highest BCUT2D eigenvalue weighted by Crippen LogP contribution is 2.24. The molecule has 0 spiro atoms. The van der Waals surface area contributed by atoms with E-state index in [0.29, 0.717) is 32.7 Å². The highest BCUT2D eigenvalue weighted by atomic mass is 16.5. The minimum atomic E-state index is -0.748. The SMILES string of the molecule is O=C(O)C1CCCC(NC(=O)N2CCCOCC2)C1. The van der Waals surface area contributed by atoms with Crippen molar-refractivity contribution >= 4 is 12.0 Å². The number of hydrogen-bond acceptors (Lipinski definition) is 3. The molecule has 2 fully saturated rings. The summed E-state index contributed by atoms with van der Waals surface area (Å²) in [5, 5.41) is 12.0. The van der Waals surface area contributed by atoms with Gasteiger partial charge in [0.25, 0.3) is 0 Å². The number of carbonyl (C=O) groups excluding carboxylic acids is 1. The van der Waals surface area contributed by atoms with Gasteiger partial charge in [-0.3, -0.25) is 4.79 Å². The van der Waals surface area contributed by atoms with Gasteiger partial charge < -0.3 is 20.1 Å². The number of nitrogens with zero attached hydrogens (tertiary/aromatic N) is 1. The van der Waals surface area contributed by atoms with E-state index in [9.17, 15) is 9.59 Å². The fraction of sp³-hybridized carbons (Fsp3) is 0.846. The number of carboxylic acid groups (broad SMARTS) is 1. The number of urea groups is 1. The van der Waals surface area contributed by atoms with Crippen molar-refractivity contribution in [2.45, 2.75) is 38.1 Å². The van der Waals surface area contributed by atoms with E-state index in [2.05, 4.69) is 5.32 Å². The van der Waals surface area contributed by atoms with Crippen LogP contribution >= 0.6 is 0 Å². The van der Waals surface area contributed by atoms with Gasteiger partial charge in [0.2, 0.25) is 0 Å². The number of nitrogens with one attached hydrogen (secondary N) is 1. The lowest BCUT2D eigenvalue weighted by Crippen LogP contribution is -2.47. The molecule has 2 N–H and O–H groups in total. The lowest BCUT2D eigenvalue weighted by molar-refractivity contribution is -0.143. The summed E-state index contributed by atoms with van der Waals surface area (Å²) in [5.41, 5.74) is 0. The van der Waals surface area contributed by atoms with Crippen molar-refractivity contribution < 1.29 is 19.4 Å². The Hall–Kier alpha value is -1.30. The molecular formula is C13H22N2O4. The van der Waals surface area contributed by atoms with Crippen molar-refractivity contribution in [1.82, 2.24) is 10.2 Å². The van der Waals surface area contributed by atoms with E-state index < -0.39 is 5.97 Å². The van der Waals surface area contributed by atoms with Crippen LogP contribution < -0.4 is 5.32 Å². The maximum absolute atomic E-state index is 12.1. The summed E-state index contributed by atoms with van der Waals surface area (Å²) < 4.78 is 5.31. The monoisotopic (exact) mass is 270 g/mol. The van der Waals surface area contributed by atoms with E-state index in [-0.39, 0.29) is 18.0 Å². The second kappa shape index (κ2) is 6.75. The van der Waals surface area contributed by atoms with Crippen LogP contribution in [0.1, 0.15) is 32.1 Å². The fourth-order valence-corrected chi connectivity index (χ4v) is 2.76. The van der Waals surface area contributed by atoms with Gasteiger partial charge in [-0.1, -0.05) is 6.42 Å². The van der Waals surface area contributed by atoms with E-state index in [1.807, 2.05) is 0 Å². The summed E-state index contributed by atoms with van der Waals surface area (Å²) in [7, 11) is 0. The first-order valence-corrected chi connectivity index (χ1v) is 7.03. The number of ether oxygens (including phenoxy) is 1. The summed E-state index contributed by atoms with van der Waals surface area (Å²) >= 11 is 0. The molecule has 6 nitrogen and oxygen atoms in total. The largest absolute Gasteiger partial charge is 0.481 e. The molecular weight excluding hydrogens is 248 g/mol. The van der Waals surface area contributed by atoms with Gasteiger partial charge in [0, 0.05) is 25.7 Å². The number of carbonyl (C=O) groups is 2. The first kappa shape index (κ1) is 14.1. The van der Waals surface area contributed by atoms with Crippen molar-refractivity contribution in [2.24, 2.45) is 5.92 Å². The standard InChI is InChI=1S/C13H22N2O4/c16-12(17)10-3-1-4-11(9-10)14-13(18)15-5-2-7-19-8-6-15/h10-11H,1-9H2,(H,14,18)(H,16,17). The molecule has 1 aliphatic heterocycles. The van der Waals surface area contributed by atoms with Crippen molar-refractivity contribution in [1.29, 1.82) is 0 Å². The van der Waals surface area contributed by atoms with Gasteiger partial charge >= 0.3 is 12.0 Å². The van der Waals surface area contributed by atoms with E-state index in [4.69, 9.17) is 9.84 Å². The molecule has 108 valence electrons. The Morgan fingerprint density at radius 2 is 2.00 bits per heavy atom. The molecule has 0 aromatic carbocycles. The van der Waals surface area contributed by atoms with Crippen LogP contribution in [0.2, 0.25) is 0 Å². The Morgan fingerprint density at radius 1 is 1.16 bits per heavy atom. The average Bonchev–Trinajstić information content (AvgIpc) is 2.68. The molecule has 0 radical (unpaired) electrons. The number of aliphatic carboxylic acids is 1. The Balaban J connectivity index is 1.82. The second-order valence-electron chi connectivity index (χ2n) is 5.30. The maximum Gasteiger partial charge on any atom is 0.317 e. The van der Waals surface area contributed by atoms with E-state index >= 15 is 0 Å². The molecule has 2 aliphatic rings. The summed E-state index contributed by atoms with van der Waals surface area (Å²) in [6, 6.07) is -0.0898. The molecule has 2 atom stereocenters. The van der Waals surface area contributed by atoms with Gasteiger partial charge in [0.1, 0.15) is 0 Å². The first-order valence-electron chi connectivity index (χ1n) is 7.03. The predicted molar refractivity (Wildman–Crippen MR) is 68.9 cm³/mol. The zero-order valence-electron chi connectivity index (χ0n) is 11.1. The molecule has 19 heavy (non-hydrogen) atoms. The van der Waals surface area contributed by atoms with Crippen molar-refractivity contribution in [3.63, 3.8) is 0 Å². The van der Waals surface area contributed by atoms with Gasteiger partial charge in [-0.05, 0) is 25.7 Å². The molecule has 2 unspecified atom stereocenters. The van der Waals surface area contributed by atoms with Crippen molar-refractivity contribution in [3.8, 4) is 0 Å². The van der Waals surface area contributed by atoms with Gasteiger partial charge in [-0.15, -0.1) is 0 Å². The molecule has 2 amide bonds. The minimum absolute atomic E-state index is 0.00785. The number of rotatable bonds is 2. The number of hydrogen-bond donors (Lipinski definition) is 2. The van der Waals surface area contributed by atoms with Crippen LogP contribution in [-0.4, -0.2) is 54.4 Å². The molecule has 1 saturated heterocycles. The molecule has 1 aliphatic carbocycles. The van der Waals surface area contributed by atoms with Crippen LogP contribution in [-0.2, 0) is 9.53 Å². The van der Waals surface area contributed by atoms with Crippen molar-refractivity contribution in [2.75, 3.05) is 26.3 Å². The Bertz CT molecular complexity index is 327. The Labute approximate surface area is 113 Å². The third kappa shape index (κ3) is 4.09.